The minimum Gasteiger partial charge on any atom is -0.312 e. The van der Waals surface area contributed by atoms with Crippen LogP contribution < -0.4 is 5.32 Å². The van der Waals surface area contributed by atoms with Crippen LogP contribution in [0.2, 0.25) is 0 Å². The van der Waals surface area contributed by atoms with E-state index in [2.05, 4.69) is 44.0 Å². The quantitative estimate of drug-likeness (QED) is 0.715. The van der Waals surface area contributed by atoms with Gasteiger partial charge in [-0.15, -0.1) is 11.3 Å². The number of hydrogen-bond donors (Lipinski definition) is 1. The first-order valence-corrected chi connectivity index (χ1v) is 7.54. The number of aryl methyl sites for hydroxylation is 1. The van der Waals surface area contributed by atoms with Crippen LogP contribution in [-0.2, 0) is 13.1 Å². The summed E-state index contributed by atoms with van der Waals surface area (Å²) in [5.74, 6) is 0. The van der Waals surface area contributed by atoms with Gasteiger partial charge in [-0.1, -0.05) is 20.8 Å². The zero-order chi connectivity index (χ0) is 12.7. The zero-order valence-corrected chi connectivity index (χ0v) is 12.5. The average Bonchev–Trinajstić information content (AvgIpc) is 2.67. The molecule has 1 rings (SSSR count). The van der Waals surface area contributed by atoms with Crippen LogP contribution in [0.1, 0.15) is 42.5 Å². The largest absolute Gasteiger partial charge is 0.312 e. The van der Waals surface area contributed by atoms with Crippen molar-refractivity contribution in [2.45, 2.75) is 47.2 Å². The third kappa shape index (κ3) is 4.78. The number of nitrogens with one attached hydrogen (secondary N) is 1. The summed E-state index contributed by atoms with van der Waals surface area (Å²) < 4.78 is 0. The van der Waals surface area contributed by atoms with Gasteiger partial charge in [-0.05, 0) is 44.6 Å². The molecular formula is C14H26N2S. The highest BCUT2D eigenvalue weighted by atomic mass is 32.1. The highest BCUT2D eigenvalue weighted by Crippen LogP contribution is 2.22. The number of thiophene rings is 1. The Kier molecular flexibility index (Phi) is 6.78. The highest BCUT2D eigenvalue weighted by molar-refractivity contribution is 7.12. The van der Waals surface area contributed by atoms with Crippen molar-refractivity contribution in [2.75, 3.05) is 19.6 Å². The molecule has 1 aromatic rings. The Morgan fingerprint density at radius 3 is 2.53 bits per heavy atom. The maximum absolute atomic E-state index is 3.47. The number of nitrogens with zero attached hydrogens (tertiary/aromatic N) is 1. The van der Waals surface area contributed by atoms with Crippen LogP contribution in [0, 0.1) is 6.92 Å². The molecule has 0 unspecified atom stereocenters. The lowest BCUT2D eigenvalue weighted by atomic mass is 10.2. The van der Waals surface area contributed by atoms with Gasteiger partial charge in [0.25, 0.3) is 0 Å². The molecule has 0 saturated heterocycles. The van der Waals surface area contributed by atoms with E-state index in [0.29, 0.717) is 0 Å². The van der Waals surface area contributed by atoms with E-state index in [1.165, 1.54) is 21.7 Å². The van der Waals surface area contributed by atoms with Gasteiger partial charge >= 0.3 is 0 Å². The van der Waals surface area contributed by atoms with Crippen molar-refractivity contribution in [3.63, 3.8) is 0 Å². The van der Waals surface area contributed by atoms with Gasteiger partial charge < -0.3 is 5.32 Å². The Labute approximate surface area is 110 Å². The first-order chi connectivity index (χ1) is 8.21. The molecule has 0 aliphatic carbocycles. The average molecular weight is 254 g/mol. The van der Waals surface area contributed by atoms with E-state index in [1.807, 2.05) is 11.3 Å². The predicted octanol–water partition coefficient (Wildman–Crippen LogP) is 3.40. The van der Waals surface area contributed by atoms with Crippen molar-refractivity contribution in [1.29, 1.82) is 0 Å². The molecule has 0 atom stereocenters. The Hall–Kier alpha value is -0.380. The van der Waals surface area contributed by atoms with E-state index in [4.69, 9.17) is 0 Å². The molecule has 0 radical (unpaired) electrons. The molecule has 0 amide bonds. The first-order valence-electron chi connectivity index (χ1n) is 6.72. The molecule has 0 saturated carbocycles. The lowest BCUT2D eigenvalue weighted by molar-refractivity contribution is 0.295. The molecule has 98 valence electrons. The van der Waals surface area contributed by atoms with Crippen molar-refractivity contribution < 1.29 is 0 Å². The molecule has 0 aliphatic heterocycles. The molecule has 0 fully saturated rings. The van der Waals surface area contributed by atoms with Crippen LogP contribution in [0.15, 0.2) is 6.07 Å². The fraction of sp³-hybridized carbons (Fsp3) is 0.714. The minimum atomic E-state index is 1.03. The van der Waals surface area contributed by atoms with Crippen molar-refractivity contribution in [2.24, 2.45) is 0 Å². The third-order valence-corrected chi connectivity index (χ3v) is 4.18. The van der Waals surface area contributed by atoms with Crippen LogP contribution >= 0.6 is 11.3 Å². The van der Waals surface area contributed by atoms with Crippen molar-refractivity contribution in [1.82, 2.24) is 10.2 Å². The summed E-state index contributed by atoms with van der Waals surface area (Å²) in [5.41, 5.74) is 1.51. The first kappa shape index (κ1) is 14.7. The summed E-state index contributed by atoms with van der Waals surface area (Å²) in [4.78, 5) is 5.42. The summed E-state index contributed by atoms with van der Waals surface area (Å²) in [5, 5.41) is 3.47. The fourth-order valence-corrected chi connectivity index (χ4v) is 2.93. The molecule has 3 heteroatoms. The standard InChI is InChI=1S/C14H26N2S/c1-5-8-15-10-14-9-13(12(4)17-14)11-16(6-2)7-3/h9,15H,5-8,10-11H2,1-4H3. The van der Waals surface area contributed by atoms with Gasteiger partial charge in [-0.25, -0.2) is 0 Å². The molecule has 2 nitrogen and oxygen atoms in total. The molecule has 0 aliphatic rings. The van der Waals surface area contributed by atoms with E-state index in [9.17, 15) is 0 Å². The van der Waals surface area contributed by atoms with Crippen LogP contribution in [-0.4, -0.2) is 24.5 Å². The zero-order valence-electron chi connectivity index (χ0n) is 11.7. The fourth-order valence-electron chi connectivity index (χ4n) is 1.91. The molecule has 1 N–H and O–H groups in total. The smallest absolute Gasteiger partial charge is 0.0299 e. The van der Waals surface area contributed by atoms with Crippen LogP contribution in [0.4, 0.5) is 0 Å². The second kappa shape index (κ2) is 7.85. The van der Waals surface area contributed by atoms with Gasteiger partial charge in [0.15, 0.2) is 0 Å². The summed E-state index contributed by atoms with van der Waals surface area (Å²) in [6.45, 7) is 14.4. The van der Waals surface area contributed by atoms with Gasteiger partial charge in [0.05, 0.1) is 0 Å². The maximum Gasteiger partial charge on any atom is 0.0299 e. The Morgan fingerprint density at radius 1 is 1.24 bits per heavy atom. The Morgan fingerprint density at radius 2 is 1.94 bits per heavy atom. The summed E-state index contributed by atoms with van der Waals surface area (Å²) in [7, 11) is 0. The van der Waals surface area contributed by atoms with E-state index in [1.54, 1.807) is 0 Å². The second-order valence-corrected chi connectivity index (χ2v) is 5.77. The SMILES string of the molecule is CCCNCc1cc(CN(CC)CC)c(C)s1. The minimum absolute atomic E-state index is 1.03. The molecule has 0 spiro atoms. The summed E-state index contributed by atoms with van der Waals surface area (Å²) in [6, 6.07) is 2.38. The Bertz CT molecular complexity index is 316. The maximum atomic E-state index is 3.47. The van der Waals surface area contributed by atoms with E-state index in [0.717, 1.165) is 32.7 Å². The van der Waals surface area contributed by atoms with Gasteiger partial charge in [0, 0.05) is 22.8 Å². The molecule has 0 bridgehead atoms. The third-order valence-electron chi connectivity index (χ3n) is 3.09. The summed E-state index contributed by atoms with van der Waals surface area (Å²) >= 11 is 1.94. The van der Waals surface area contributed by atoms with Gasteiger partial charge in [-0.2, -0.15) is 0 Å². The number of hydrogen-bond acceptors (Lipinski definition) is 3. The molecule has 17 heavy (non-hydrogen) atoms. The predicted molar refractivity (Wildman–Crippen MR) is 77.7 cm³/mol. The van der Waals surface area contributed by atoms with Crippen LogP contribution in [0.25, 0.3) is 0 Å². The lowest BCUT2D eigenvalue weighted by Gasteiger charge is -2.17. The van der Waals surface area contributed by atoms with Crippen molar-refractivity contribution >= 4 is 11.3 Å². The van der Waals surface area contributed by atoms with E-state index >= 15 is 0 Å². The van der Waals surface area contributed by atoms with Crippen LogP contribution in [0.5, 0.6) is 0 Å². The van der Waals surface area contributed by atoms with Crippen molar-refractivity contribution in [3.05, 3.63) is 21.4 Å². The highest BCUT2D eigenvalue weighted by Gasteiger charge is 2.08. The molecule has 1 aromatic heterocycles. The van der Waals surface area contributed by atoms with Gasteiger partial charge in [0.2, 0.25) is 0 Å². The van der Waals surface area contributed by atoms with Gasteiger partial charge in [-0.3, -0.25) is 4.90 Å². The normalized spacial score (nSPS) is 11.4. The van der Waals surface area contributed by atoms with E-state index in [-0.39, 0.29) is 0 Å². The molecule has 0 aromatic carbocycles. The van der Waals surface area contributed by atoms with E-state index < -0.39 is 0 Å². The lowest BCUT2D eigenvalue weighted by Crippen LogP contribution is -2.22. The Balaban J connectivity index is 2.55. The van der Waals surface area contributed by atoms with Gasteiger partial charge in [0.1, 0.15) is 0 Å². The summed E-state index contributed by atoms with van der Waals surface area (Å²) in [6.07, 6.45) is 1.21. The second-order valence-electron chi connectivity index (χ2n) is 4.43. The molecule has 1 heterocycles. The van der Waals surface area contributed by atoms with Crippen LogP contribution in [0.3, 0.4) is 0 Å². The van der Waals surface area contributed by atoms with Crippen molar-refractivity contribution in [3.8, 4) is 0 Å². The topological polar surface area (TPSA) is 15.3 Å². The monoisotopic (exact) mass is 254 g/mol. The molecular weight excluding hydrogens is 228 g/mol. The number of rotatable bonds is 8.